The van der Waals surface area contributed by atoms with E-state index in [0.717, 1.165) is 19.5 Å². The van der Waals surface area contributed by atoms with Gasteiger partial charge in [-0.3, -0.25) is 23.2 Å². The number of phosphoric acid groups is 2. The van der Waals surface area contributed by atoms with Crippen LogP contribution in [0.1, 0.15) is 16.7 Å². The number of carbonyl (C=O) groups is 1. The minimum Gasteiger partial charge on any atom is -0.385 e. The highest BCUT2D eigenvalue weighted by atomic mass is 31.3. The molecule has 0 radical (unpaired) electrons. The lowest BCUT2D eigenvalue weighted by Gasteiger charge is -2.21. The Morgan fingerprint density at radius 3 is 2.48 bits per heavy atom. The van der Waals surface area contributed by atoms with Gasteiger partial charge in [0, 0.05) is 19.5 Å². The average Bonchev–Trinajstić information content (AvgIpc) is 2.81. The highest BCUT2D eigenvalue weighted by Gasteiger charge is 2.49. The number of aliphatic hydroxyl groups is 2. The number of hydrogen-bond acceptors (Lipinski definition) is 11. The third kappa shape index (κ3) is 4.86. The van der Waals surface area contributed by atoms with Crippen molar-refractivity contribution in [1.29, 1.82) is 0 Å². The van der Waals surface area contributed by atoms with Crippen LogP contribution in [0.3, 0.4) is 0 Å². The number of amides is 1. The summed E-state index contributed by atoms with van der Waals surface area (Å²) < 4.78 is 41.5. The Morgan fingerprint density at radius 2 is 1.96 bits per heavy atom. The molecule has 0 bridgehead atoms. The van der Waals surface area contributed by atoms with Crippen molar-refractivity contribution in [2.45, 2.75) is 24.7 Å². The molecule has 17 heteroatoms. The first-order chi connectivity index (χ1) is 12.4. The first-order valence-corrected chi connectivity index (χ1v) is 9.87. The first kappa shape index (κ1) is 21.8. The Hall–Kier alpha value is -1.51. The maximum atomic E-state index is 12.2. The second kappa shape index (κ2) is 7.85. The summed E-state index contributed by atoms with van der Waals surface area (Å²) in [5.74, 6) is -1.16. The molecule has 2 rings (SSSR count). The number of nitrogens with two attached hydrogens (primary N) is 1. The first-order valence-electron chi connectivity index (χ1n) is 6.88. The van der Waals surface area contributed by atoms with E-state index >= 15 is 0 Å². The van der Waals surface area contributed by atoms with Crippen molar-refractivity contribution in [1.82, 2.24) is 9.55 Å². The molecule has 1 aromatic rings. The normalized spacial score (nSPS) is 28.0. The molecule has 1 aliphatic rings. The van der Waals surface area contributed by atoms with Crippen molar-refractivity contribution >= 4 is 21.6 Å². The number of nitrogens with zero attached hydrogens (tertiary/aromatic N) is 2. The highest BCUT2D eigenvalue weighted by molar-refractivity contribution is 7.61. The standard InChI is InChI=1S/C10H15N3O12P2/c1-22-27(21,25-26(18,19)20)24-10-6(15)5(14)9(23-10)13-3-2-12-4(7(11)16)8(13)17/h2-3,5-6,9-10,14-15H,1H3,(H2,11,16)(H2,18,19,20)/t5-,6+,9+,10-,27?/m1/s1. The summed E-state index contributed by atoms with van der Waals surface area (Å²) in [6, 6.07) is 0. The van der Waals surface area contributed by atoms with Crippen LogP contribution in [0.4, 0.5) is 0 Å². The van der Waals surface area contributed by atoms with Crippen molar-refractivity contribution in [2.24, 2.45) is 5.73 Å². The summed E-state index contributed by atoms with van der Waals surface area (Å²) in [4.78, 5) is 44.3. The second-order valence-corrected chi connectivity index (χ2v) is 8.14. The van der Waals surface area contributed by atoms with Gasteiger partial charge in [-0.2, -0.15) is 4.31 Å². The van der Waals surface area contributed by atoms with E-state index in [2.05, 4.69) is 18.3 Å². The van der Waals surface area contributed by atoms with Gasteiger partial charge in [-0.05, 0) is 0 Å². The van der Waals surface area contributed by atoms with E-state index < -0.39 is 57.5 Å². The Labute approximate surface area is 150 Å². The summed E-state index contributed by atoms with van der Waals surface area (Å²) in [7, 11) is -9.51. The van der Waals surface area contributed by atoms with Gasteiger partial charge in [-0.25, -0.2) is 14.1 Å². The van der Waals surface area contributed by atoms with Gasteiger partial charge < -0.3 is 30.5 Å². The van der Waals surface area contributed by atoms with Crippen LogP contribution in [0.5, 0.6) is 0 Å². The Balaban J connectivity index is 2.30. The zero-order chi connectivity index (χ0) is 20.6. The van der Waals surface area contributed by atoms with E-state index in [0.29, 0.717) is 4.57 Å². The molecule has 6 N–H and O–H groups in total. The third-order valence-electron chi connectivity index (χ3n) is 3.23. The van der Waals surface area contributed by atoms with E-state index in [4.69, 9.17) is 20.3 Å². The summed E-state index contributed by atoms with van der Waals surface area (Å²) in [6.45, 7) is 0. The number of aliphatic hydroxyl groups excluding tert-OH is 2. The largest absolute Gasteiger partial charge is 0.485 e. The molecule has 5 atom stereocenters. The number of carbonyl (C=O) groups excluding carboxylic acids is 1. The Morgan fingerprint density at radius 1 is 1.33 bits per heavy atom. The summed E-state index contributed by atoms with van der Waals surface area (Å²) in [5, 5.41) is 20.0. The minimum absolute atomic E-state index is 0.659. The van der Waals surface area contributed by atoms with Crippen LogP contribution in [0.15, 0.2) is 17.2 Å². The lowest BCUT2D eigenvalue weighted by molar-refractivity contribution is -0.136. The van der Waals surface area contributed by atoms with Crippen molar-refractivity contribution in [3.63, 3.8) is 0 Å². The zero-order valence-electron chi connectivity index (χ0n) is 13.4. The lowest BCUT2D eigenvalue weighted by Crippen LogP contribution is -2.37. The molecule has 1 aromatic heterocycles. The van der Waals surface area contributed by atoms with E-state index in [9.17, 15) is 28.9 Å². The molecule has 152 valence electrons. The maximum absolute atomic E-state index is 12.2. The molecule has 0 aliphatic carbocycles. The Bertz CT molecular complexity index is 867. The summed E-state index contributed by atoms with van der Waals surface area (Å²) in [6.07, 6.45) is -5.44. The molecular formula is C10H15N3O12P2. The van der Waals surface area contributed by atoms with Gasteiger partial charge in [0.1, 0.15) is 12.2 Å². The van der Waals surface area contributed by atoms with Crippen LogP contribution in [-0.4, -0.2) is 61.1 Å². The van der Waals surface area contributed by atoms with Gasteiger partial charge in [-0.15, -0.1) is 0 Å². The predicted molar refractivity (Wildman–Crippen MR) is 81.8 cm³/mol. The summed E-state index contributed by atoms with van der Waals surface area (Å²) in [5.41, 5.74) is 3.25. The molecular weight excluding hydrogens is 416 g/mol. The van der Waals surface area contributed by atoms with Crippen LogP contribution < -0.4 is 11.3 Å². The van der Waals surface area contributed by atoms with E-state index in [1.807, 2.05) is 0 Å². The fourth-order valence-electron chi connectivity index (χ4n) is 2.09. The number of hydrogen-bond donors (Lipinski definition) is 5. The number of rotatable bonds is 7. The molecule has 1 aliphatic heterocycles. The van der Waals surface area contributed by atoms with Crippen LogP contribution in [0.2, 0.25) is 0 Å². The number of primary amides is 1. The summed E-state index contributed by atoms with van der Waals surface area (Å²) >= 11 is 0. The lowest BCUT2D eigenvalue weighted by atomic mass is 10.2. The molecule has 2 heterocycles. The number of phosphoric ester groups is 1. The highest BCUT2D eigenvalue weighted by Crippen LogP contribution is 2.62. The van der Waals surface area contributed by atoms with Crippen LogP contribution in [0.25, 0.3) is 0 Å². The zero-order valence-corrected chi connectivity index (χ0v) is 15.2. The third-order valence-corrected chi connectivity index (χ3v) is 5.80. The second-order valence-electron chi connectivity index (χ2n) is 5.04. The SMILES string of the molecule is COP(=O)(O[C@H]1O[C@H](n2ccnc(C(N)=O)c2=O)[C@H](O)[C@@H]1O)OP(=O)(O)O. The molecule has 1 saturated heterocycles. The van der Waals surface area contributed by atoms with Gasteiger partial charge >= 0.3 is 15.6 Å². The molecule has 0 spiro atoms. The molecule has 1 fully saturated rings. The van der Waals surface area contributed by atoms with Crippen molar-refractivity contribution in [3.05, 3.63) is 28.4 Å². The van der Waals surface area contributed by atoms with E-state index in [1.54, 1.807) is 0 Å². The molecule has 1 amide bonds. The number of aromatic nitrogens is 2. The van der Waals surface area contributed by atoms with Gasteiger partial charge in [0.05, 0.1) is 0 Å². The fourth-order valence-corrected chi connectivity index (χ4v) is 4.07. The fraction of sp³-hybridized carbons (Fsp3) is 0.500. The minimum atomic E-state index is -5.32. The van der Waals surface area contributed by atoms with Crippen LogP contribution in [-0.2, 0) is 27.2 Å². The van der Waals surface area contributed by atoms with Crippen LogP contribution in [0, 0.1) is 0 Å². The van der Waals surface area contributed by atoms with Gasteiger partial charge in [0.15, 0.2) is 18.2 Å². The van der Waals surface area contributed by atoms with Gasteiger partial charge in [0.2, 0.25) is 0 Å². The average molecular weight is 431 g/mol. The van der Waals surface area contributed by atoms with Crippen molar-refractivity contribution < 1.29 is 52.0 Å². The molecule has 27 heavy (non-hydrogen) atoms. The predicted octanol–water partition coefficient (Wildman–Crippen LogP) is -2.20. The van der Waals surface area contributed by atoms with E-state index in [-0.39, 0.29) is 0 Å². The molecule has 0 aromatic carbocycles. The van der Waals surface area contributed by atoms with Gasteiger partial charge in [-0.1, -0.05) is 0 Å². The Kier molecular flexibility index (Phi) is 6.33. The van der Waals surface area contributed by atoms with Crippen molar-refractivity contribution in [3.8, 4) is 0 Å². The number of ether oxygens (including phenoxy) is 1. The molecule has 15 nitrogen and oxygen atoms in total. The molecule has 0 saturated carbocycles. The van der Waals surface area contributed by atoms with Crippen molar-refractivity contribution in [2.75, 3.05) is 7.11 Å². The quantitative estimate of drug-likeness (QED) is 0.289. The smallest absolute Gasteiger partial charge is 0.385 e. The van der Waals surface area contributed by atoms with Crippen LogP contribution >= 0.6 is 15.6 Å². The monoisotopic (exact) mass is 431 g/mol. The topological polar surface area (TPSA) is 230 Å². The van der Waals surface area contributed by atoms with E-state index in [1.165, 1.54) is 0 Å². The van der Waals surface area contributed by atoms with Gasteiger partial charge in [0.25, 0.3) is 11.5 Å². The maximum Gasteiger partial charge on any atom is 0.485 e. The molecule has 1 unspecified atom stereocenters.